The van der Waals surface area contributed by atoms with Crippen molar-refractivity contribution in [2.24, 2.45) is 0 Å². The first-order valence-electron chi connectivity index (χ1n) is 6.12. The largest absolute Gasteiger partial charge is 0.618 e. The Hall–Kier alpha value is -1.62. The Bertz CT molecular complexity index is 514. The van der Waals surface area contributed by atoms with Crippen molar-refractivity contribution in [1.29, 1.82) is 0 Å². The lowest BCUT2D eigenvalue weighted by Crippen LogP contribution is -2.40. The smallest absolute Gasteiger partial charge is 0.406 e. The molecule has 18 heavy (non-hydrogen) atoms. The quantitative estimate of drug-likeness (QED) is 0.423. The highest BCUT2D eigenvalue weighted by Gasteiger charge is 2.53. The minimum Gasteiger partial charge on any atom is -0.618 e. The third-order valence-electron chi connectivity index (χ3n) is 4.07. The molecule has 0 radical (unpaired) electrons. The van der Waals surface area contributed by atoms with Gasteiger partial charge < -0.3 is 15.1 Å². The topological polar surface area (TPSA) is 73.5 Å². The fraction of sp³-hybridized carbons (Fsp3) is 0.538. The van der Waals surface area contributed by atoms with Crippen LogP contribution in [0.2, 0.25) is 0 Å². The van der Waals surface area contributed by atoms with Crippen LogP contribution in [0.4, 0.5) is 0 Å². The van der Waals surface area contributed by atoms with Gasteiger partial charge in [0.05, 0.1) is 11.2 Å². The average molecular weight is 249 g/mol. The Kier molecular flexibility index (Phi) is 2.20. The molecule has 1 N–H and O–H groups in total. The van der Waals surface area contributed by atoms with E-state index in [4.69, 9.17) is 4.74 Å². The molecule has 0 bridgehead atoms. The normalized spacial score (nSPS) is 34.4. The van der Waals surface area contributed by atoms with Gasteiger partial charge >= 0.3 is 11.7 Å². The number of rotatable bonds is 0. The number of esters is 1. The van der Waals surface area contributed by atoms with Crippen molar-refractivity contribution in [3.05, 3.63) is 34.8 Å². The van der Waals surface area contributed by atoms with Crippen LogP contribution in [0, 0.1) is 5.21 Å². The molecule has 1 spiro atoms. The summed E-state index contributed by atoms with van der Waals surface area (Å²) in [5, 5.41) is 21.6. The molecule has 3 rings (SSSR count). The average Bonchev–Trinajstić information content (AvgIpc) is 2.59. The zero-order valence-electron chi connectivity index (χ0n) is 10.2. The lowest BCUT2D eigenvalue weighted by atomic mass is 9.74. The molecule has 0 atom stereocenters. The number of hydrogen-bond acceptors (Lipinski definition) is 4. The number of aliphatic hydroxyl groups is 1. The maximum Gasteiger partial charge on any atom is 0.406 e. The number of nitrogens with zero attached hydrogens (tertiary/aromatic N) is 1. The number of carbonyl (C=O) groups excluding carboxylic acids is 1. The zero-order chi connectivity index (χ0) is 13.0. The molecule has 5 heteroatoms. The Balaban J connectivity index is 2.03. The Morgan fingerprint density at radius 3 is 2.72 bits per heavy atom. The number of pyridine rings is 1. The van der Waals surface area contributed by atoms with Crippen molar-refractivity contribution < 1.29 is 19.4 Å². The van der Waals surface area contributed by atoms with Crippen LogP contribution in [0.1, 0.15) is 48.7 Å². The lowest BCUT2D eigenvalue weighted by molar-refractivity contribution is -0.608. The first kappa shape index (κ1) is 11.5. The van der Waals surface area contributed by atoms with Gasteiger partial charge in [0.2, 0.25) is 0 Å². The predicted octanol–water partition coefficient (Wildman–Crippen LogP) is 1.01. The van der Waals surface area contributed by atoms with Crippen molar-refractivity contribution in [3.63, 3.8) is 0 Å². The fourth-order valence-corrected chi connectivity index (χ4v) is 2.90. The monoisotopic (exact) mass is 249 g/mol. The van der Waals surface area contributed by atoms with E-state index in [1.54, 1.807) is 19.1 Å². The second-order valence-corrected chi connectivity index (χ2v) is 5.48. The number of ether oxygens (including phenoxy) is 1. The highest BCUT2D eigenvalue weighted by molar-refractivity contribution is 5.91. The third-order valence-corrected chi connectivity index (χ3v) is 4.07. The summed E-state index contributed by atoms with van der Waals surface area (Å²) in [5.74, 6) is -0.554. The van der Waals surface area contributed by atoms with Gasteiger partial charge in [0, 0.05) is 6.07 Å². The second-order valence-electron chi connectivity index (χ2n) is 5.48. The van der Waals surface area contributed by atoms with Crippen LogP contribution in [0.25, 0.3) is 0 Å². The second kappa shape index (κ2) is 3.45. The molecule has 0 unspecified atom stereocenters. The number of aromatic nitrogens is 1. The van der Waals surface area contributed by atoms with Crippen LogP contribution in [-0.4, -0.2) is 16.7 Å². The van der Waals surface area contributed by atoms with E-state index < -0.39 is 17.2 Å². The fourth-order valence-electron chi connectivity index (χ4n) is 2.90. The molecule has 1 aliphatic carbocycles. The van der Waals surface area contributed by atoms with Crippen LogP contribution in [0.5, 0.6) is 0 Å². The van der Waals surface area contributed by atoms with E-state index >= 15 is 0 Å². The van der Waals surface area contributed by atoms with E-state index in [0.717, 1.165) is 0 Å². The number of hydrogen-bond donors (Lipinski definition) is 1. The maximum atomic E-state index is 11.8. The van der Waals surface area contributed by atoms with E-state index in [-0.39, 0.29) is 5.69 Å². The SMILES string of the molecule is CC1(O)CCC2(CC1)OC(=O)c1c2ccc[n+]1[O-]. The molecular formula is C13H15NO4. The Morgan fingerprint density at radius 2 is 2.06 bits per heavy atom. The van der Waals surface area contributed by atoms with Gasteiger partial charge in [0.25, 0.3) is 0 Å². The van der Waals surface area contributed by atoms with E-state index in [2.05, 4.69) is 0 Å². The molecule has 5 nitrogen and oxygen atoms in total. The van der Waals surface area contributed by atoms with Crippen LogP contribution < -0.4 is 4.73 Å². The molecule has 1 aliphatic heterocycles. The van der Waals surface area contributed by atoms with Crippen molar-refractivity contribution >= 4 is 5.97 Å². The number of carbonyl (C=O) groups is 1. The number of fused-ring (bicyclic) bond motifs is 2. The van der Waals surface area contributed by atoms with E-state index in [1.807, 2.05) is 0 Å². The first-order chi connectivity index (χ1) is 8.44. The van der Waals surface area contributed by atoms with Gasteiger partial charge in [-0.15, -0.1) is 0 Å². The van der Waals surface area contributed by atoms with Gasteiger partial charge in [-0.1, -0.05) is 0 Å². The zero-order valence-corrected chi connectivity index (χ0v) is 10.2. The molecule has 0 saturated heterocycles. The van der Waals surface area contributed by atoms with Gasteiger partial charge in [-0.25, -0.2) is 4.79 Å². The van der Waals surface area contributed by atoms with Gasteiger partial charge in [0.1, 0.15) is 5.60 Å². The summed E-state index contributed by atoms with van der Waals surface area (Å²) in [6.07, 6.45) is 3.55. The molecule has 96 valence electrons. The third kappa shape index (κ3) is 1.50. The summed E-state index contributed by atoms with van der Waals surface area (Å²) >= 11 is 0. The summed E-state index contributed by atoms with van der Waals surface area (Å²) in [6, 6.07) is 3.40. The van der Waals surface area contributed by atoms with Crippen LogP contribution in [0.15, 0.2) is 18.3 Å². The van der Waals surface area contributed by atoms with Crippen molar-refractivity contribution in [1.82, 2.24) is 0 Å². The minimum absolute atomic E-state index is 0.0963. The minimum atomic E-state index is -0.706. The highest BCUT2D eigenvalue weighted by atomic mass is 16.6. The predicted molar refractivity (Wildman–Crippen MR) is 61.6 cm³/mol. The van der Waals surface area contributed by atoms with Crippen molar-refractivity contribution in [3.8, 4) is 0 Å². The molecule has 1 aromatic rings. The van der Waals surface area contributed by atoms with Gasteiger partial charge in [0.15, 0.2) is 6.20 Å². The van der Waals surface area contributed by atoms with Gasteiger partial charge in [-0.2, -0.15) is 4.73 Å². The molecule has 1 fully saturated rings. The highest BCUT2D eigenvalue weighted by Crippen LogP contribution is 2.48. The molecule has 0 aromatic carbocycles. The van der Waals surface area contributed by atoms with E-state index in [0.29, 0.717) is 36.0 Å². The maximum absolute atomic E-state index is 11.8. The summed E-state index contributed by atoms with van der Waals surface area (Å²) in [5.41, 5.74) is -0.649. The first-order valence-corrected chi connectivity index (χ1v) is 6.12. The van der Waals surface area contributed by atoms with E-state index in [1.165, 1.54) is 6.20 Å². The molecular weight excluding hydrogens is 234 g/mol. The standard InChI is InChI=1S/C13H15NO4/c1-12(16)4-6-13(7-5-12)9-3-2-8-14(17)10(9)11(15)18-13/h2-3,8,16H,4-7H2,1H3. The molecule has 0 amide bonds. The Labute approximate surface area is 105 Å². The molecule has 1 aromatic heterocycles. The molecule has 2 aliphatic rings. The molecule has 1 saturated carbocycles. The summed E-state index contributed by atoms with van der Waals surface area (Å²) < 4.78 is 6.03. The molecule has 2 heterocycles. The summed E-state index contributed by atoms with van der Waals surface area (Å²) in [4.78, 5) is 11.8. The Morgan fingerprint density at radius 1 is 1.39 bits per heavy atom. The lowest BCUT2D eigenvalue weighted by Gasteiger charge is -2.38. The summed E-state index contributed by atoms with van der Waals surface area (Å²) in [7, 11) is 0. The van der Waals surface area contributed by atoms with Gasteiger partial charge in [-0.3, -0.25) is 0 Å². The van der Waals surface area contributed by atoms with Crippen LogP contribution in [-0.2, 0) is 10.3 Å². The summed E-state index contributed by atoms with van der Waals surface area (Å²) in [6.45, 7) is 1.79. The van der Waals surface area contributed by atoms with Crippen LogP contribution in [0.3, 0.4) is 0 Å². The van der Waals surface area contributed by atoms with Crippen molar-refractivity contribution in [2.45, 2.75) is 43.8 Å². The van der Waals surface area contributed by atoms with Crippen molar-refractivity contribution in [2.75, 3.05) is 0 Å². The van der Waals surface area contributed by atoms with E-state index in [9.17, 15) is 15.1 Å². The van der Waals surface area contributed by atoms with Crippen LogP contribution >= 0.6 is 0 Å². The van der Waals surface area contributed by atoms with Gasteiger partial charge in [-0.05, 0) is 38.7 Å².